The summed E-state index contributed by atoms with van der Waals surface area (Å²) >= 11 is 7.29. The van der Waals surface area contributed by atoms with E-state index in [4.69, 9.17) is 16.7 Å². The Kier molecular flexibility index (Phi) is 7.70. The molecule has 0 atom stereocenters. The summed E-state index contributed by atoms with van der Waals surface area (Å²) in [5, 5.41) is 21.7. The van der Waals surface area contributed by atoms with Gasteiger partial charge in [-0.2, -0.15) is 0 Å². The Morgan fingerprint density at radius 3 is 2.39 bits per heavy atom. The quantitative estimate of drug-likeness (QED) is 0.454. The highest BCUT2D eigenvalue weighted by Crippen LogP contribution is 2.21. The van der Waals surface area contributed by atoms with Gasteiger partial charge in [0.1, 0.15) is 5.82 Å². The SMILES string of the molecule is CC(C)Cn1c(Cc2ccc(Cl)cc2)nnc1SCC(=O)Nc1ccc(C(=O)O)cc1. The average Bonchev–Trinajstić information content (AvgIpc) is 3.09. The molecule has 0 aliphatic carbocycles. The highest BCUT2D eigenvalue weighted by Gasteiger charge is 2.16. The molecule has 9 heteroatoms. The number of hydrogen-bond donors (Lipinski definition) is 2. The Bertz CT molecular complexity index is 1050. The molecule has 3 rings (SSSR count). The molecule has 3 aromatic rings. The predicted molar refractivity (Wildman–Crippen MR) is 122 cm³/mol. The number of carboxylic acid groups (broad SMARTS) is 1. The van der Waals surface area contributed by atoms with Gasteiger partial charge in [-0.25, -0.2) is 4.79 Å². The molecule has 0 spiro atoms. The number of benzene rings is 2. The number of halogens is 1. The number of anilines is 1. The third-order valence-electron chi connectivity index (χ3n) is 4.36. The van der Waals surface area contributed by atoms with E-state index >= 15 is 0 Å². The molecule has 2 aromatic carbocycles. The summed E-state index contributed by atoms with van der Waals surface area (Å²) in [5.74, 6) is 0.181. The van der Waals surface area contributed by atoms with Crippen LogP contribution in [0.5, 0.6) is 0 Å². The van der Waals surface area contributed by atoms with Gasteiger partial charge < -0.3 is 15.0 Å². The lowest BCUT2D eigenvalue weighted by molar-refractivity contribution is -0.113. The number of carbonyl (C=O) groups excluding carboxylic acids is 1. The van der Waals surface area contributed by atoms with E-state index in [1.807, 2.05) is 24.3 Å². The first-order valence-corrected chi connectivity index (χ1v) is 11.1. The minimum absolute atomic E-state index is 0.165. The van der Waals surface area contributed by atoms with Crippen molar-refractivity contribution in [3.8, 4) is 0 Å². The van der Waals surface area contributed by atoms with Crippen molar-refractivity contribution >= 4 is 40.9 Å². The van der Waals surface area contributed by atoms with Crippen LogP contribution < -0.4 is 5.32 Å². The second-order valence-corrected chi connectivity index (χ2v) is 8.80. The topological polar surface area (TPSA) is 97.1 Å². The molecule has 1 heterocycles. The largest absolute Gasteiger partial charge is 0.478 e. The van der Waals surface area contributed by atoms with Crippen LogP contribution in [0, 0.1) is 5.92 Å². The molecule has 0 fully saturated rings. The Balaban J connectivity index is 1.65. The molecule has 0 saturated heterocycles. The van der Waals surface area contributed by atoms with E-state index in [9.17, 15) is 9.59 Å². The lowest BCUT2D eigenvalue weighted by Gasteiger charge is -2.12. The maximum Gasteiger partial charge on any atom is 0.335 e. The number of aromatic nitrogens is 3. The Morgan fingerprint density at radius 2 is 1.77 bits per heavy atom. The van der Waals surface area contributed by atoms with Crippen LogP contribution in [-0.2, 0) is 17.8 Å². The molecule has 0 unspecified atom stereocenters. The molecular formula is C22H23ClN4O3S. The molecule has 162 valence electrons. The van der Waals surface area contributed by atoms with Crippen LogP contribution in [0.1, 0.15) is 35.6 Å². The fourth-order valence-corrected chi connectivity index (χ4v) is 3.81. The molecule has 2 N–H and O–H groups in total. The van der Waals surface area contributed by atoms with Crippen LogP contribution in [0.15, 0.2) is 53.7 Å². The van der Waals surface area contributed by atoms with E-state index in [1.54, 1.807) is 12.1 Å². The average molecular weight is 459 g/mol. The predicted octanol–water partition coefficient (Wildman–Crippen LogP) is 4.61. The zero-order chi connectivity index (χ0) is 22.4. The van der Waals surface area contributed by atoms with Gasteiger partial charge in [-0.15, -0.1) is 10.2 Å². The highest BCUT2D eigenvalue weighted by molar-refractivity contribution is 7.99. The summed E-state index contributed by atoms with van der Waals surface area (Å²) < 4.78 is 2.05. The van der Waals surface area contributed by atoms with Gasteiger partial charge >= 0.3 is 5.97 Å². The summed E-state index contributed by atoms with van der Waals surface area (Å²) in [6.07, 6.45) is 0.625. The molecule has 1 aromatic heterocycles. The van der Waals surface area contributed by atoms with E-state index in [1.165, 1.54) is 23.9 Å². The van der Waals surface area contributed by atoms with Crippen molar-refractivity contribution < 1.29 is 14.7 Å². The second kappa shape index (κ2) is 10.5. The van der Waals surface area contributed by atoms with Crippen LogP contribution in [0.2, 0.25) is 5.02 Å². The molecule has 0 aliphatic heterocycles. The monoisotopic (exact) mass is 458 g/mol. The number of nitrogens with zero attached hydrogens (tertiary/aromatic N) is 3. The standard InChI is InChI=1S/C22H23ClN4O3S/c1-14(2)12-27-19(11-15-3-7-17(23)8-4-15)25-26-22(27)31-13-20(28)24-18-9-5-16(6-10-18)21(29)30/h3-10,14H,11-13H2,1-2H3,(H,24,28)(H,29,30). The second-order valence-electron chi connectivity index (χ2n) is 7.43. The Labute approximate surface area is 189 Å². The maximum absolute atomic E-state index is 12.3. The fourth-order valence-electron chi connectivity index (χ4n) is 2.91. The number of nitrogens with one attached hydrogen (secondary N) is 1. The van der Waals surface area contributed by atoms with Gasteiger partial charge in [0.25, 0.3) is 0 Å². The van der Waals surface area contributed by atoms with Gasteiger partial charge in [0.05, 0.1) is 11.3 Å². The highest BCUT2D eigenvalue weighted by atomic mass is 35.5. The van der Waals surface area contributed by atoms with Crippen molar-refractivity contribution in [2.45, 2.75) is 32.0 Å². The first-order chi connectivity index (χ1) is 14.8. The molecule has 1 amide bonds. The normalized spacial score (nSPS) is 11.0. The molecule has 0 saturated carbocycles. The van der Waals surface area contributed by atoms with Crippen LogP contribution in [0.25, 0.3) is 0 Å². The third kappa shape index (κ3) is 6.57. The van der Waals surface area contributed by atoms with E-state index in [-0.39, 0.29) is 17.2 Å². The van der Waals surface area contributed by atoms with E-state index < -0.39 is 5.97 Å². The summed E-state index contributed by atoms with van der Waals surface area (Å²) in [6.45, 7) is 4.98. The molecule has 0 aliphatic rings. The smallest absolute Gasteiger partial charge is 0.335 e. The lowest BCUT2D eigenvalue weighted by atomic mass is 10.1. The van der Waals surface area contributed by atoms with Crippen molar-refractivity contribution in [3.63, 3.8) is 0 Å². The van der Waals surface area contributed by atoms with E-state index in [2.05, 4.69) is 33.9 Å². The number of carbonyl (C=O) groups is 2. The summed E-state index contributed by atoms with van der Waals surface area (Å²) in [7, 11) is 0. The van der Waals surface area contributed by atoms with Gasteiger partial charge in [0, 0.05) is 23.7 Å². The van der Waals surface area contributed by atoms with Gasteiger partial charge in [-0.1, -0.05) is 49.3 Å². The van der Waals surface area contributed by atoms with Crippen molar-refractivity contribution in [1.82, 2.24) is 14.8 Å². The minimum Gasteiger partial charge on any atom is -0.478 e. The van der Waals surface area contributed by atoms with Crippen molar-refractivity contribution in [3.05, 3.63) is 70.5 Å². The summed E-state index contributed by atoms with van der Waals surface area (Å²) in [4.78, 5) is 23.3. The van der Waals surface area contributed by atoms with Crippen molar-refractivity contribution in [2.24, 2.45) is 5.92 Å². The van der Waals surface area contributed by atoms with E-state index in [0.717, 1.165) is 17.9 Å². The molecular weight excluding hydrogens is 436 g/mol. The van der Waals surface area contributed by atoms with Gasteiger partial charge in [-0.05, 0) is 47.9 Å². The zero-order valence-electron chi connectivity index (χ0n) is 17.2. The lowest BCUT2D eigenvalue weighted by Crippen LogP contribution is -2.15. The minimum atomic E-state index is -1.01. The Hall–Kier alpha value is -2.84. The number of hydrogen-bond acceptors (Lipinski definition) is 5. The zero-order valence-corrected chi connectivity index (χ0v) is 18.8. The first-order valence-electron chi connectivity index (χ1n) is 9.74. The van der Waals surface area contributed by atoms with E-state index in [0.29, 0.717) is 28.2 Å². The molecule has 31 heavy (non-hydrogen) atoms. The molecule has 7 nitrogen and oxygen atoms in total. The van der Waals surface area contributed by atoms with Gasteiger partial charge in [0.2, 0.25) is 5.91 Å². The summed E-state index contributed by atoms with van der Waals surface area (Å²) in [5.41, 5.74) is 1.80. The van der Waals surface area contributed by atoms with Crippen LogP contribution >= 0.6 is 23.4 Å². The van der Waals surface area contributed by atoms with Gasteiger partial charge in [0.15, 0.2) is 5.16 Å². The van der Waals surface area contributed by atoms with Crippen LogP contribution in [0.4, 0.5) is 5.69 Å². The van der Waals surface area contributed by atoms with Crippen LogP contribution in [0.3, 0.4) is 0 Å². The number of aromatic carboxylic acids is 1. The maximum atomic E-state index is 12.3. The fraction of sp³-hybridized carbons (Fsp3) is 0.273. The third-order valence-corrected chi connectivity index (χ3v) is 5.58. The Morgan fingerprint density at radius 1 is 1.10 bits per heavy atom. The number of amides is 1. The number of carboxylic acids is 1. The molecule has 0 radical (unpaired) electrons. The van der Waals surface area contributed by atoms with Crippen molar-refractivity contribution in [2.75, 3.05) is 11.1 Å². The number of thioether (sulfide) groups is 1. The van der Waals surface area contributed by atoms with Crippen molar-refractivity contribution in [1.29, 1.82) is 0 Å². The summed E-state index contributed by atoms with van der Waals surface area (Å²) in [6, 6.07) is 13.7. The van der Waals surface area contributed by atoms with Crippen LogP contribution in [-0.4, -0.2) is 37.5 Å². The number of rotatable bonds is 9. The molecule has 0 bridgehead atoms. The van der Waals surface area contributed by atoms with Gasteiger partial charge in [-0.3, -0.25) is 4.79 Å². The first kappa shape index (κ1) is 22.8.